The molecule has 8 heteroatoms. The highest BCUT2D eigenvalue weighted by molar-refractivity contribution is 7.92. The van der Waals surface area contributed by atoms with Gasteiger partial charge in [0.2, 0.25) is 5.91 Å². The summed E-state index contributed by atoms with van der Waals surface area (Å²) in [6.45, 7) is 1.29. The Hall–Kier alpha value is -1.21. The van der Waals surface area contributed by atoms with Crippen LogP contribution in [0.4, 0.5) is 5.82 Å². The summed E-state index contributed by atoms with van der Waals surface area (Å²) in [5, 5.41) is 1.28. The van der Waals surface area contributed by atoms with Crippen molar-refractivity contribution in [2.45, 2.75) is 12.2 Å². The van der Waals surface area contributed by atoms with Gasteiger partial charge in [-0.2, -0.15) is 0 Å². The molecule has 6 nitrogen and oxygen atoms in total. The normalized spacial score (nSPS) is 13.2. The van der Waals surface area contributed by atoms with Crippen LogP contribution in [-0.2, 0) is 14.6 Å². The first-order valence-corrected chi connectivity index (χ1v) is 6.61. The van der Waals surface area contributed by atoms with E-state index in [0.717, 1.165) is 6.26 Å². The van der Waals surface area contributed by atoms with Gasteiger partial charge in [-0.1, -0.05) is 11.6 Å². The average molecular weight is 264 g/mol. The van der Waals surface area contributed by atoms with E-state index in [0.29, 0.717) is 0 Å². The molecule has 1 unspecified atom stereocenters. The lowest BCUT2D eigenvalue weighted by Gasteiger charge is -2.09. The number of hydrogen-bond donors (Lipinski definition) is 1. The van der Waals surface area contributed by atoms with Gasteiger partial charge in [-0.25, -0.2) is 13.4 Å². The van der Waals surface area contributed by atoms with E-state index in [4.69, 9.17) is 11.6 Å². The number of carbonyl (C=O) groups is 1. The molecule has 88 valence electrons. The fraction of sp³-hybridized carbons (Fsp3) is 0.375. The van der Waals surface area contributed by atoms with Crippen molar-refractivity contribution in [1.82, 2.24) is 9.97 Å². The second-order valence-corrected chi connectivity index (χ2v) is 5.94. The number of carbonyl (C=O) groups excluding carboxylic acids is 1. The molecule has 1 rings (SSSR count). The van der Waals surface area contributed by atoms with Crippen LogP contribution in [-0.4, -0.2) is 35.8 Å². The summed E-state index contributed by atoms with van der Waals surface area (Å²) >= 11 is 5.55. The van der Waals surface area contributed by atoms with Crippen LogP contribution in [0.3, 0.4) is 0 Å². The van der Waals surface area contributed by atoms with Crippen LogP contribution in [0.2, 0.25) is 5.15 Å². The first kappa shape index (κ1) is 12.9. The number of amides is 1. The monoisotopic (exact) mass is 263 g/mol. The van der Waals surface area contributed by atoms with Crippen LogP contribution in [0.25, 0.3) is 0 Å². The first-order chi connectivity index (χ1) is 7.30. The van der Waals surface area contributed by atoms with Crippen molar-refractivity contribution in [3.8, 4) is 0 Å². The molecule has 0 saturated heterocycles. The average Bonchev–Trinajstić information content (AvgIpc) is 2.15. The minimum atomic E-state index is -3.43. The Morgan fingerprint density at radius 2 is 2.12 bits per heavy atom. The van der Waals surface area contributed by atoms with Crippen LogP contribution < -0.4 is 5.32 Å². The molecule has 0 aliphatic carbocycles. The van der Waals surface area contributed by atoms with Crippen LogP contribution >= 0.6 is 11.6 Å². The van der Waals surface area contributed by atoms with Crippen molar-refractivity contribution in [1.29, 1.82) is 0 Å². The molecule has 1 aromatic rings. The van der Waals surface area contributed by atoms with E-state index in [2.05, 4.69) is 15.3 Å². The Morgan fingerprint density at radius 1 is 1.50 bits per heavy atom. The van der Waals surface area contributed by atoms with Gasteiger partial charge in [0.1, 0.15) is 10.4 Å². The van der Waals surface area contributed by atoms with E-state index >= 15 is 0 Å². The standard InChI is InChI=1S/C8H10ClN3O3S/c1-5(16(2,14)15)8(13)12-7-4-10-3-6(9)11-7/h3-5H,1-2H3,(H,11,12,13). The number of halogens is 1. The van der Waals surface area contributed by atoms with Crippen molar-refractivity contribution in [3.05, 3.63) is 17.5 Å². The first-order valence-electron chi connectivity index (χ1n) is 4.28. The number of nitrogens with zero attached hydrogens (tertiary/aromatic N) is 2. The molecular formula is C8H10ClN3O3S. The quantitative estimate of drug-likeness (QED) is 0.858. The largest absolute Gasteiger partial charge is 0.308 e. The molecule has 0 saturated carbocycles. The number of hydrogen-bond acceptors (Lipinski definition) is 5. The highest BCUT2D eigenvalue weighted by Gasteiger charge is 2.23. The number of anilines is 1. The molecule has 1 heterocycles. The minimum Gasteiger partial charge on any atom is -0.308 e. The lowest BCUT2D eigenvalue weighted by Crippen LogP contribution is -2.32. The zero-order chi connectivity index (χ0) is 12.3. The van der Waals surface area contributed by atoms with E-state index in [1.807, 2.05) is 0 Å². The summed E-state index contributed by atoms with van der Waals surface area (Å²) in [6, 6.07) is 0. The molecular weight excluding hydrogens is 254 g/mol. The molecule has 0 fully saturated rings. The van der Waals surface area contributed by atoms with E-state index in [9.17, 15) is 13.2 Å². The highest BCUT2D eigenvalue weighted by Crippen LogP contribution is 2.08. The van der Waals surface area contributed by atoms with Gasteiger partial charge in [0.05, 0.1) is 12.4 Å². The third-order valence-electron chi connectivity index (χ3n) is 1.87. The van der Waals surface area contributed by atoms with Crippen LogP contribution in [0.1, 0.15) is 6.92 Å². The van der Waals surface area contributed by atoms with Crippen molar-refractivity contribution < 1.29 is 13.2 Å². The third kappa shape index (κ3) is 3.42. The molecule has 1 atom stereocenters. The summed E-state index contributed by atoms with van der Waals surface area (Å²) in [5.41, 5.74) is 0. The lowest BCUT2D eigenvalue weighted by molar-refractivity contribution is -0.115. The van der Waals surface area contributed by atoms with Crippen molar-refractivity contribution in [2.75, 3.05) is 11.6 Å². The van der Waals surface area contributed by atoms with E-state index in [1.54, 1.807) is 0 Å². The Balaban J connectivity index is 2.80. The topological polar surface area (TPSA) is 89.0 Å². The molecule has 0 aliphatic heterocycles. The van der Waals surface area contributed by atoms with E-state index < -0.39 is 21.0 Å². The Labute approximate surface area is 98.0 Å². The molecule has 1 N–H and O–H groups in total. The molecule has 0 aromatic carbocycles. The number of aromatic nitrogens is 2. The zero-order valence-electron chi connectivity index (χ0n) is 8.64. The van der Waals surface area contributed by atoms with Gasteiger partial charge in [0, 0.05) is 6.26 Å². The number of rotatable bonds is 3. The second-order valence-electron chi connectivity index (χ2n) is 3.19. The van der Waals surface area contributed by atoms with Gasteiger partial charge in [-0.15, -0.1) is 0 Å². The summed E-state index contributed by atoms with van der Waals surface area (Å²) in [4.78, 5) is 18.9. The fourth-order valence-electron chi connectivity index (χ4n) is 0.825. The Kier molecular flexibility index (Phi) is 3.82. The van der Waals surface area contributed by atoms with Gasteiger partial charge in [0.25, 0.3) is 0 Å². The predicted octanol–water partition coefficient (Wildman–Crippen LogP) is 0.502. The van der Waals surface area contributed by atoms with Crippen LogP contribution in [0.5, 0.6) is 0 Å². The van der Waals surface area contributed by atoms with Crippen molar-refractivity contribution in [3.63, 3.8) is 0 Å². The SMILES string of the molecule is CC(C(=O)Nc1cncc(Cl)n1)S(C)(=O)=O. The highest BCUT2D eigenvalue weighted by atomic mass is 35.5. The number of nitrogens with one attached hydrogen (secondary N) is 1. The van der Waals surface area contributed by atoms with Gasteiger partial charge in [-0.3, -0.25) is 9.78 Å². The predicted molar refractivity (Wildman–Crippen MR) is 60.0 cm³/mol. The second kappa shape index (κ2) is 4.75. The lowest BCUT2D eigenvalue weighted by atomic mass is 10.4. The van der Waals surface area contributed by atoms with E-state index in [-0.39, 0.29) is 11.0 Å². The van der Waals surface area contributed by atoms with Crippen LogP contribution in [0, 0.1) is 0 Å². The summed E-state index contributed by atoms with van der Waals surface area (Å²) in [5.74, 6) is -0.549. The van der Waals surface area contributed by atoms with Crippen molar-refractivity contribution in [2.24, 2.45) is 0 Å². The summed E-state index contributed by atoms with van der Waals surface area (Å²) in [7, 11) is -3.43. The van der Waals surface area contributed by atoms with Gasteiger partial charge in [-0.05, 0) is 6.92 Å². The minimum absolute atomic E-state index is 0.116. The molecule has 0 radical (unpaired) electrons. The molecule has 1 amide bonds. The van der Waals surface area contributed by atoms with Gasteiger partial charge in [0.15, 0.2) is 15.7 Å². The smallest absolute Gasteiger partial charge is 0.243 e. The summed E-state index contributed by atoms with van der Waals surface area (Å²) in [6.07, 6.45) is 3.57. The molecule has 0 spiro atoms. The molecule has 16 heavy (non-hydrogen) atoms. The van der Waals surface area contributed by atoms with Crippen LogP contribution in [0.15, 0.2) is 12.4 Å². The molecule has 0 aliphatic rings. The Morgan fingerprint density at radius 3 is 2.62 bits per heavy atom. The third-order valence-corrected chi connectivity index (χ3v) is 3.55. The summed E-state index contributed by atoms with van der Waals surface area (Å²) < 4.78 is 22.2. The molecule has 1 aromatic heterocycles. The maximum absolute atomic E-state index is 11.5. The van der Waals surface area contributed by atoms with E-state index in [1.165, 1.54) is 19.3 Å². The van der Waals surface area contributed by atoms with Gasteiger partial charge >= 0.3 is 0 Å². The molecule has 0 bridgehead atoms. The number of sulfone groups is 1. The zero-order valence-corrected chi connectivity index (χ0v) is 10.2. The maximum atomic E-state index is 11.5. The maximum Gasteiger partial charge on any atom is 0.243 e. The fourth-order valence-corrected chi connectivity index (χ4v) is 1.42. The van der Waals surface area contributed by atoms with Crippen molar-refractivity contribution >= 4 is 33.2 Å². The Bertz CT molecular complexity index is 503. The van der Waals surface area contributed by atoms with Gasteiger partial charge < -0.3 is 5.32 Å².